The van der Waals surface area contributed by atoms with Crippen LogP contribution in [0.4, 0.5) is 10.1 Å². The van der Waals surface area contributed by atoms with E-state index in [1.54, 1.807) is 47.4 Å². The SMILES string of the molecule is COC(=O)c1cc(-c2ccc(C(=O)NCc3cccnc3F)cn2)ccc1N(CC1CC1)C(C)=O. The van der Waals surface area contributed by atoms with Crippen LogP contribution in [0, 0.1) is 11.9 Å². The quantitative estimate of drug-likeness (QED) is 0.392. The molecule has 4 rings (SSSR count). The standard InChI is InChI=1S/C26H25FN4O4/c1-16(32)31(15-17-5-6-17)23-10-8-18(12-21(23)26(34)35-2)22-9-7-20(14-29-22)25(33)30-13-19-4-3-11-28-24(19)27/h3-4,7-12,14,17H,5-6,13,15H2,1-2H3,(H,30,33). The summed E-state index contributed by atoms with van der Waals surface area (Å²) in [5, 5.41) is 2.64. The summed E-state index contributed by atoms with van der Waals surface area (Å²) in [6.45, 7) is 2.03. The van der Waals surface area contributed by atoms with Crippen molar-refractivity contribution in [1.82, 2.24) is 15.3 Å². The van der Waals surface area contributed by atoms with Gasteiger partial charge in [0.1, 0.15) is 0 Å². The van der Waals surface area contributed by atoms with Gasteiger partial charge in [-0.05, 0) is 49.1 Å². The fourth-order valence-electron chi connectivity index (χ4n) is 3.69. The van der Waals surface area contributed by atoms with Crippen molar-refractivity contribution in [3.8, 4) is 11.3 Å². The normalized spacial score (nSPS) is 12.7. The van der Waals surface area contributed by atoms with Gasteiger partial charge >= 0.3 is 5.97 Å². The fourth-order valence-corrected chi connectivity index (χ4v) is 3.69. The van der Waals surface area contributed by atoms with Gasteiger partial charge in [-0.3, -0.25) is 14.6 Å². The summed E-state index contributed by atoms with van der Waals surface area (Å²) in [7, 11) is 1.29. The number of amides is 2. The van der Waals surface area contributed by atoms with Gasteiger partial charge in [0.05, 0.1) is 29.6 Å². The summed E-state index contributed by atoms with van der Waals surface area (Å²) in [6, 6.07) is 11.5. The van der Waals surface area contributed by atoms with E-state index in [0.29, 0.717) is 35.0 Å². The van der Waals surface area contributed by atoms with Gasteiger partial charge in [0.25, 0.3) is 5.91 Å². The molecule has 1 saturated carbocycles. The molecule has 1 aliphatic rings. The van der Waals surface area contributed by atoms with Gasteiger partial charge in [-0.2, -0.15) is 4.39 Å². The number of rotatable bonds is 8. The molecule has 2 aromatic heterocycles. The Kier molecular flexibility index (Phi) is 7.14. The molecule has 2 heterocycles. The lowest BCUT2D eigenvalue weighted by molar-refractivity contribution is -0.116. The number of halogens is 1. The number of pyridine rings is 2. The second-order valence-corrected chi connectivity index (χ2v) is 8.36. The first-order chi connectivity index (χ1) is 16.9. The van der Waals surface area contributed by atoms with Crippen molar-refractivity contribution in [1.29, 1.82) is 0 Å². The van der Waals surface area contributed by atoms with Crippen molar-refractivity contribution < 1.29 is 23.5 Å². The zero-order valence-electron chi connectivity index (χ0n) is 19.5. The third kappa shape index (κ3) is 5.68. The molecule has 8 nitrogen and oxygen atoms in total. The van der Waals surface area contributed by atoms with Gasteiger partial charge in [-0.25, -0.2) is 9.78 Å². The van der Waals surface area contributed by atoms with Gasteiger partial charge < -0.3 is 15.0 Å². The molecule has 180 valence electrons. The van der Waals surface area contributed by atoms with Gasteiger partial charge in [0.2, 0.25) is 11.9 Å². The van der Waals surface area contributed by atoms with E-state index in [1.165, 1.54) is 26.4 Å². The van der Waals surface area contributed by atoms with Gasteiger partial charge in [-0.15, -0.1) is 0 Å². The van der Waals surface area contributed by atoms with E-state index >= 15 is 0 Å². The zero-order valence-corrected chi connectivity index (χ0v) is 19.5. The summed E-state index contributed by atoms with van der Waals surface area (Å²) < 4.78 is 18.6. The second kappa shape index (κ2) is 10.4. The maximum atomic E-state index is 13.7. The molecule has 9 heteroatoms. The van der Waals surface area contributed by atoms with Gasteiger partial charge in [-0.1, -0.05) is 12.1 Å². The van der Waals surface area contributed by atoms with Crippen LogP contribution in [0.5, 0.6) is 0 Å². The maximum absolute atomic E-state index is 13.7. The Morgan fingerprint density at radius 1 is 1.14 bits per heavy atom. The van der Waals surface area contributed by atoms with E-state index in [-0.39, 0.29) is 23.6 Å². The molecule has 0 unspecified atom stereocenters. The lowest BCUT2D eigenvalue weighted by atomic mass is 10.0. The first-order valence-corrected chi connectivity index (χ1v) is 11.2. The Bertz CT molecular complexity index is 1260. The molecule has 0 spiro atoms. The topological polar surface area (TPSA) is 101 Å². The van der Waals surface area contributed by atoms with Crippen molar-refractivity contribution in [3.05, 3.63) is 77.5 Å². The zero-order chi connectivity index (χ0) is 24.9. The lowest BCUT2D eigenvalue weighted by Gasteiger charge is -2.23. The minimum atomic E-state index is -0.633. The van der Waals surface area contributed by atoms with Crippen molar-refractivity contribution in [3.63, 3.8) is 0 Å². The summed E-state index contributed by atoms with van der Waals surface area (Å²) in [5.74, 6) is -1.29. The maximum Gasteiger partial charge on any atom is 0.340 e. The van der Waals surface area contributed by atoms with Gasteiger partial charge in [0, 0.05) is 43.5 Å². The first-order valence-electron chi connectivity index (χ1n) is 11.2. The highest BCUT2D eigenvalue weighted by Crippen LogP contribution is 2.34. The highest BCUT2D eigenvalue weighted by molar-refractivity contribution is 6.03. The molecular formula is C26H25FN4O4. The summed E-state index contributed by atoms with van der Waals surface area (Å²) in [5.41, 5.74) is 2.51. The average molecular weight is 477 g/mol. The Hall–Kier alpha value is -4.14. The summed E-state index contributed by atoms with van der Waals surface area (Å²) in [6.07, 6.45) is 4.88. The molecule has 0 aliphatic heterocycles. The number of benzene rings is 1. The smallest absolute Gasteiger partial charge is 0.340 e. The van der Waals surface area contributed by atoms with Crippen molar-refractivity contribution >= 4 is 23.5 Å². The average Bonchev–Trinajstić information content (AvgIpc) is 3.70. The molecule has 3 aromatic rings. The van der Waals surface area contributed by atoms with E-state index in [2.05, 4.69) is 15.3 Å². The number of hydrogen-bond acceptors (Lipinski definition) is 6. The number of esters is 1. The third-order valence-electron chi connectivity index (χ3n) is 5.81. The fraction of sp³-hybridized carbons (Fsp3) is 0.269. The Morgan fingerprint density at radius 3 is 2.57 bits per heavy atom. The van der Waals surface area contributed by atoms with Gasteiger partial charge in [0.15, 0.2) is 0 Å². The Labute approximate surface area is 202 Å². The second-order valence-electron chi connectivity index (χ2n) is 8.36. The number of hydrogen-bond donors (Lipinski definition) is 1. The van der Waals surface area contributed by atoms with E-state index < -0.39 is 17.8 Å². The van der Waals surface area contributed by atoms with Crippen LogP contribution in [-0.2, 0) is 16.1 Å². The van der Waals surface area contributed by atoms with E-state index in [0.717, 1.165) is 12.8 Å². The molecule has 0 atom stereocenters. The van der Waals surface area contributed by atoms with Crippen LogP contribution in [0.25, 0.3) is 11.3 Å². The molecule has 0 bridgehead atoms. The number of carbonyl (C=O) groups excluding carboxylic acids is 3. The first kappa shape index (κ1) is 24.0. The number of aromatic nitrogens is 2. The lowest BCUT2D eigenvalue weighted by Crippen LogP contribution is -2.32. The van der Waals surface area contributed by atoms with Crippen LogP contribution >= 0.6 is 0 Å². The van der Waals surface area contributed by atoms with E-state index in [9.17, 15) is 18.8 Å². The van der Waals surface area contributed by atoms with E-state index in [4.69, 9.17) is 4.74 Å². The van der Waals surface area contributed by atoms with Crippen LogP contribution in [0.2, 0.25) is 0 Å². The van der Waals surface area contributed by atoms with Crippen LogP contribution < -0.4 is 10.2 Å². The van der Waals surface area contributed by atoms with Crippen LogP contribution in [0.15, 0.2) is 54.9 Å². The number of nitrogens with zero attached hydrogens (tertiary/aromatic N) is 3. The number of methoxy groups -OCH3 is 1. The van der Waals surface area contributed by atoms with Crippen molar-refractivity contribution in [2.24, 2.45) is 5.92 Å². The summed E-state index contributed by atoms with van der Waals surface area (Å²) in [4.78, 5) is 46.8. The predicted octanol–water partition coefficient (Wildman–Crippen LogP) is 3.76. The number of ether oxygens (including phenoxy) is 1. The molecule has 1 aliphatic carbocycles. The third-order valence-corrected chi connectivity index (χ3v) is 5.81. The van der Waals surface area contributed by atoms with E-state index in [1.807, 2.05) is 0 Å². The highest BCUT2D eigenvalue weighted by Gasteiger charge is 2.29. The highest BCUT2D eigenvalue weighted by atomic mass is 19.1. The van der Waals surface area contributed by atoms with Crippen molar-refractivity contribution in [2.45, 2.75) is 26.3 Å². The monoisotopic (exact) mass is 476 g/mol. The molecule has 0 radical (unpaired) electrons. The number of nitrogens with one attached hydrogen (secondary N) is 1. The number of anilines is 1. The van der Waals surface area contributed by atoms with Crippen LogP contribution in [0.3, 0.4) is 0 Å². The predicted molar refractivity (Wildman–Crippen MR) is 127 cm³/mol. The molecule has 0 saturated heterocycles. The molecule has 1 aromatic carbocycles. The minimum absolute atomic E-state index is 0.00227. The molecular weight excluding hydrogens is 451 g/mol. The number of carbonyl (C=O) groups is 3. The molecule has 35 heavy (non-hydrogen) atoms. The van der Waals surface area contributed by atoms with Crippen molar-refractivity contribution in [2.75, 3.05) is 18.6 Å². The molecule has 1 N–H and O–H groups in total. The molecule has 2 amide bonds. The van der Waals surface area contributed by atoms with Crippen LogP contribution in [0.1, 0.15) is 46.0 Å². The molecule has 1 fully saturated rings. The minimum Gasteiger partial charge on any atom is -0.465 e. The largest absolute Gasteiger partial charge is 0.465 e. The Balaban J connectivity index is 1.54. The Morgan fingerprint density at radius 2 is 1.94 bits per heavy atom. The van der Waals surface area contributed by atoms with Crippen LogP contribution in [-0.4, -0.2) is 41.4 Å². The summed E-state index contributed by atoms with van der Waals surface area (Å²) >= 11 is 0.